The second-order valence-electron chi connectivity index (χ2n) is 2.09. The molecule has 4 nitrogen and oxygen atoms in total. The van der Waals surface area contributed by atoms with Crippen LogP contribution in [0.3, 0.4) is 0 Å². The van der Waals surface area contributed by atoms with Gasteiger partial charge in [-0.2, -0.15) is 17.7 Å². The second kappa shape index (κ2) is 2.96. The molecule has 60 valence electrons. The summed E-state index contributed by atoms with van der Waals surface area (Å²) in [6.45, 7) is 0. The molecule has 11 heavy (non-hydrogen) atoms. The molecule has 5 heteroatoms. The highest BCUT2D eigenvalue weighted by atomic mass is 32.1. The molecule has 0 saturated carbocycles. The van der Waals surface area contributed by atoms with Crippen LogP contribution in [-0.4, -0.2) is 20.9 Å². The lowest BCUT2D eigenvalue weighted by Crippen LogP contribution is -2.02. The topological polar surface area (TPSA) is 55.1 Å². The number of hydrogen-bond donors (Lipinski definition) is 2. The molecule has 1 aromatic rings. The van der Waals surface area contributed by atoms with Crippen molar-refractivity contribution in [1.29, 1.82) is 0 Å². The monoisotopic (exact) mass is 172 g/mol. The van der Waals surface area contributed by atoms with Crippen LogP contribution in [0.1, 0.15) is 16.1 Å². The summed E-state index contributed by atoms with van der Waals surface area (Å²) in [6.07, 6.45) is 1.33. The summed E-state index contributed by atoms with van der Waals surface area (Å²) in [4.78, 5) is 10.5. The van der Waals surface area contributed by atoms with Crippen molar-refractivity contribution >= 4 is 18.6 Å². The highest BCUT2D eigenvalue weighted by molar-refractivity contribution is 7.79. The zero-order chi connectivity index (χ0) is 8.43. The van der Waals surface area contributed by atoms with Crippen LogP contribution < -0.4 is 0 Å². The van der Waals surface area contributed by atoms with E-state index in [4.69, 9.17) is 5.11 Å². The molecular formula is C6H8N2O2S. The highest BCUT2D eigenvalue weighted by Crippen LogP contribution is 2.09. The molecule has 0 unspecified atom stereocenters. The molecule has 0 saturated heterocycles. The number of carboxylic acids is 1. The summed E-state index contributed by atoms with van der Waals surface area (Å²) in [7, 11) is 1.69. The highest BCUT2D eigenvalue weighted by Gasteiger charge is 2.12. The first-order chi connectivity index (χ1) is 5.16. The first-order valence-electron chi connectivity index (χ1n) is 3.02. The number of hydrogen-bond acceptors (Lipinski definition) is 3. The number of rotatable bonds is 2. The largest absolute Gasteiger partial charge is 0.478 e. The molecule has 1 rings (SSSR count). The van der Waals surface area contributed by atoms with E-state index in [1.165, 1.54) is 10.9 Å². The first-order valence-corrected chi connectivity index (χ1v) is 3.65. The number of aryl methyl sites for hydroxylation is 1. The molecule has 0 aromatic carbocycles. The summed E-state index contributed by atoms with van der Waals surface area (Å²) in [5.41, 5.74) is 0.850. The van der Waals surface area contributed by atoms with Crippen LogP contribution in [0.2, 0.25) is 0 Å². The van der Waals surface area contributed by atoms with Crippen LogP contribution in [0.25, 0.3) is 0 Å². The van der Waals surface area contributed by atoms with Crippen molar-refractivity contribution in [3.8, 4) is 0 Å². The number of nitrogens with zero attached hydrogens (tertiary/aromatic N) is 2. The average Bonchev–Trinajstić information content (AvgIpc) is 2.30. The van der Waals surface area contributed by atoms with E-state index in [9.17, 15) is 4.79 Å². The van der Waals surface area contributed by atoms with Crippen molar-refractivity contribution in [3.63, 3.8) is 0 Å². The Balaban J connectivity index is 3.15. The fourth-order valence-corrected chi connectivity index (χ4v) is 1.20. The van der Waals surface area contributed by atoms with Gasteiger partial charge in [0.1, 0.15) is 5.56 Å². The van der Waals surface area contributed by atoms with Crippen molar-refractivity contribution in [2.24, 2.45) is 7.05 Å². The van der Waals surface area contributed by atoms with E-state index in [-0.39, 0.29) is 5.56 Å². The zero-order valence-electron chi connectivity index (χ0n) is 5.98. The van der Waals surface area contributed by atoms with Gasteiger partial charge in [0.15, 0.2) is 0 Å². The Labute approximate surface area is 69.2 Å². The van der Waals surface area contributed by atoms with E-state index in [1.807, 2.05) is 0 Å². The lowest BCUT2D eigenvalue weighted by Gasteiger charge is -1.96. The van der Waals surface area contributed by atoms with Gasteiger partial charge in [0.2, 0.25) is 0 Å². The summed E-state index contributed by atoms with van der Waals surface area (Å²) in [5, 5.41) is 12.4. The van der Waals surface area contributed by atoms with Gasteiger partial charge in [0.25, 0.3) is 0 Å². The summed E-state index contributed by atoms with van der Waals surface area (Å²) >= 11 is 3.99. The Morgan fingerprint density at radius 1 is 1.91 bits per heavy atom. The number of thiol groups is 1. The fraction of sp³-hybridized carbons (Fsp3) is 0.333. The van der Waals surface area contributed by atoms with Crippen LogP contribution in [0, 0.1) is 0 Å². The predicted octanol–water partition coefficient (Wildman–Crippen LogP) is 0.548. The standard InChI is InChI=1S/C6H8N2O2S/c1-8-5(3-11)4(2-7-8)6(9)10/h2,11H,3H2,1H3,(H,9,10). The molecule has 0 atom stereocenters. The van der Waals surface area contributed by atoms with Gasteiger partial charge in [-0.1, -0.05) is 0 Å². The maximum atomic E-state index is 10.5. The minimum Gasteiger partial charge on any atom is -0.478 e. The zero-order valence-corrected chi connectivity index (χ0v) is 6.88. The van der Waals surface area contributed by atoms with E-state index in [0.29, 0.717) is 11.4 Å². The molecule has 0 radical (unpaired) electrons. The van der Waals surface area contributed by atoms with Crippen LogP contribution in [0.5, 0.6) is 0 Å². The quantitative estimate of drug-likeness (QED) is 0.640. The van der Waals surface area contributed by atoms with Crippen molar-refractivity contribution in [3.05, 3.63) is 17.5 Å². The van der Waals surface area contributed by atoms with Gasteiger partial charge >= 0.3 is 5.97 Å². The molecule has 0 amide bonds. The van der Waals surface area contributed by atoms with Gasteiger partial charge in [0.05, 0.1) is 11.9 Å². The average molecular weight is 172 g/mol. The number of aromatic carboxylic acids is 1. The van der Waals surface area contributed by atoms with Crippen molar-refractivity contribution in [2.45, 2.75) is 5.75 Å². The Kier molecular flexibility index (Phi) is 2.19. The Morgan fingerprint density at radius 2 is 2.55 bits per heavy atom. The third kappa shape index (κ3) is 1.37. The summed E-state index contributed by atoms with van der Waals surface area (Å²) in [6, 6.07) is 0. The smallest absolute Gasteiger partial charge is 0.339 e. The Morgan fingerprint density at radius 3 is 2.91 bits per heavy atom. The van der Waals surface area contributed by atoms with Crippen LogP contribution in [-0.2, 0) is 12.8 Å². The SMILES string of the molecule is Cn1ncc(C(=O)O)c1CS. The van der Waals surface area contributed by atoms with Gasteiger partial charge in [-0.05, 0) is 0 Å². The molecule has 1 aromatic heterocycles. The Hall–Kier alpha value is -0.970. The van der Waals surface area contributed by atoms with E-state index in [0.717, 1.165) is 0 Å². The molecule has 0 fully saturated rings. The van der Waals surface area contributed by atoms with Crippen molar-refractivity contribution in [2.75, 3.05) is 0 Å². The number of aromatic nitrogens is 2. The van der Waals surface area contributed by atoms with Crippen LogP contribution in [0.15, 0.2) is 6.20 Å². The number of carboxylic acid groups (broad SMARTS) is 1. The van der Waals surface area contributed by atoms with Gasteiger partial charge in [0, 0.05) is 12.8 Å². The normalized spacial score (nSPS) is 10.0. The molecular weight excluding hydrogens is 164 g/mol. The van der Waals surface area contributed by atoms with Crippen molar-refractivity contribution in [1.82, 2.24) is 9.78 Å². The van der Waals surface area contributed by atoms with Gasteiger partial charge < -0.3 is 5.11 Å². The Bertz CT molecular complexity index is 282. The van der Waals surface area contributed by atoms with Crippen LogP contribution in [0.4, 0.5) is 0 Å². The minimum atomic E-state index is -0.956. The molecule has 0 spiro atoms. The van der Waals surface area contributed by atoms with Gasteiger partial charge in [-0.25, -0.2) is 4.79 Å². The minimum absolute atomic E-state index is 0.225. The molecule has 0 aliphatic heterocycles. The van der Waals surface area contributed by atoms with Crippen molar-refractivity contribution < 1.29 is 9.90 Å². The maximum absolute atomic E-state index is 10.5. The third-order valence-corrected chi connectivity index (χ3v) is 1.74. The lowest BCUT2D eigenvalue weighted by atomic mass is 10.3. The third-order valence-electron chi connectivity index (χ3n) is 1.44. The van der Waals surface area contributed by atoms with E-state index in [2.05, 4.69) is 17.7 Å². The first kappa shape index (κ1) is 8.13. The molecule has 1 N–H and O–H groups in total. The van der Waals surface area contributed by atoms with E-state index < -0.39 is 5.97 Å². The lowest BCUT2D eigenvalue weighted by molar-refractivity contribution is 0.0696. The van der Waals surface area contributed by atoms with E-state index in [1.54, 1.807) is 7.05 Å². The molecule has 0 bridgehead atoms. The van der Waals surface area contributed by atoms with E-state index >= 15 is 0 Å². The number of carbonyl (C=O) groups is 1. The summed E-state index contributed by atoms with van der Waals surface area (Å²) in [5.74, 6) is -0.569. The van der Waals surface area contributed by atoms with Crippen LogP contribution >= 0.6 is 12.6 Å². The van der Waals surface area contributed by atoms with Gasteiger partial charge in [-0.15, -0.1) is 0 Å². The molecule has 1 heterocycles. The molecule has 0 aliphatic rings. The predicted molar refractivity (Wildman–Crippen MR) is 42.9 cm³/mol. The van der Waals surface area contributed by atoms with Gasteiger partial charge in [-0.3, -0.25) is 4.68 Å². The maximum Gasteiger partial charge on any atom is 0.339 e. The fourth-order valence-electron chi connectivity index (χ4n) is 0.829. The summed E-state index contributed by atoms with van der Waals surface area (Å²) < 4.78 is 1.51. The molecule has 0 aliphatic carbocycles. The second-order valence-corrected chi connectivity index (χ2v) is 2.41.